The van der Waals surface area contributed by atoms with E-state index in [0.717, 1.165) is 11.8 Å². The summed E-state index contributed by atoms with van der Waals surface area (Å²) in [4.78, 5) is 2.40. The van der Waals surface area contributed by atoms with Gasteiger partial charge in [-0.3, -0.25) is 0 Å². The number of hydrogen-bond acceptors (Lipinski definition) is 1. The second-order valence-electron chi connectivity index (χ2n) is 8.64. The molecule has 0 amide bonds. The van der Waals surface area contributed by atoms with E-state index >= 15 is 0 Å². The molecule has 128 valence electrons. The zero-order valence-corrected chi connectivity index (χ0v) is 16.6. The van der Waals surface area contributed by atoms with Crippen molar-refractivity contribution in [1.29, 1.82) is 0 Å². The second-order valence-corrected chi connectivity index (χ2v) is 8.64. The zero-order valence-electron chi connectivity index (χ0n) is 16.6. The Kier molecular flexibility index (Phi) is 9.16. The van der Waals surface area contributed by atoms with Gasteiger partial charge in [-0.25, -0.2) is 0 Å². The van der Waals surface area contributed by atoms with E-state index in [1.54, 1.807) is 0 Å². The molecule has 0 bridgehead atoms. The van der Waals surface area contributed by atoms with Gasteiger partial charge in [0.05, 0.1) is 0 Å². The Bertz CT molecular complexity index is 265. The van der Waals surface area contributed by atoms with Crippen LogP contribution in [0.25, 0.3) is 0 Å². The molecule has 0 saturated heterocycles. The minimum absolute atomic E-state index is 0.244. The summed E-state index contributed by atoms with van der Waals surface area (Å²) in [6.45, 7) is 16.8. The highest BCUT2D eigenvalue weighted by Crippen LogP contribution is 2.42. The fourth-order valence-corrected chi connectivity index (χ4v) is 3.14. The Morgan fingerprint density at radius 2 is 1.48 bits per heavy atom. The topological polar surface area (TPSA) is 3.24 Å². The maximum absolute atomic E-state index is 2.47. The lowest BCUT2D eigenvalue weighted by molar-refractivity contribution is 0.0273. The van der Waals surface area contributed by atoms with E-state index in [4.69, 9.17) is 0 Å². The van der Waals surface area contributed by atoms with Crippen LogP contribution in [0.4, 0.5) is 0 Å². The normalized spacial score (nSPS) is 16.3. The van der Waals surface area contributed by atoms with Crippen molar-refractivity contribution < 1.29 is 0 Å². The van der Waals surface area contributed by atoms with Crippen LogP contribution < -0.4 is 0 Å². The first-order valence-corrected chi connectivity index (χ1v) is 9.25. The second kappa shape index (κ2) is 9.18. The SMILES string of the molecule is CCCCC(CCC(C)CC)CC(C)(C)C(C)(C)N(C)C. The van der Waals surface area contributed by atoms with Gasteiger partial charge in [0.1, 0.15) is 0 Å². The maximum atomic E-state index is 2.47. The third-order valence-corrected chi connectivity index (χ3v) is 6.30. The van der Waals surface area contributed by atoms with Crippen molar-refractivity contribution in [3.63, 3.8) is 0 Å². The zero-order chi connectivity index (χ0) is 16.7. The minimum Gasteiger partial charge on any atom is -0.304 e. The quantitative estimate of drug-likeness (QED) is 0.428. The Morgan fingerprint density at radius 1 is 0.905 bits per heavy atom. The first-order chi connectivity index (χ1) is 9.58. The molecular formula is C20H43N. The van der Waals surface area contributed by atoms with E-state index in [-0.39, 0.29) is 5.54 Å². The summed E-state index contributed by atoms with van der Waals surface area (Å²) in [6.07, 6.45) is 9.65. The van der Waals surface area contributed by atoms with E-state index in [0.29, 0.717) is 5.41 Å². The van der Waals surface area contributed by atoms with Gasteiger partial charge in [0.2, 0.25) is 0 Å². The summed E-state index contributed by atoms with van der Waals surface area (Å²) in [7, 11) is 4.45. The standard InChI is InChI=1S/C20H43N/c1-10-12-13-18(15-14-17(3)11-2)16-19(4,5)20(6,7)21(8)9/h17-18H,10-16H2,1-9H3. The Hall–Kier alpha value is -0.0400. The molecule has 0 aromatic carbocycles. The van der Waals surface area contributed by atoms with Crippen LogP contribution in [0, 0.1) is 17.3 Å². The molecule has 2 atom stereocenters. The summed E-state index contributed by atoms with van der Waals surface area (Å²) < 4.78 is 0. The Balaban J connectivity index is 4.77. The van der Waals surface area contributed by atoms with Gasteiger partial charge < -0.3 is 4.90 Å². The van der Waals surface area contributed by atoms with Crippen LogP contribution in [-0.2, 0) is 0 Å². The van der Waals surface area contributed by atoms with Crippen molar-refractivity contribution in [2.45, 2.75) is 99.0 Å². The Labute approximate surface area is 135 Å². The Morgan fingerprint density at radius 3 is 1.90 bits per heavy atom. The van der Waals surface area contributed by atoms with Crippen molar-refractivity contribution in [2.75, 3.05) is 14.1 Å². The molecule has 0 aliphatic carbocycles. The monoisotopic (exact) mass is 297 g/mol. The number of hydrogen-bond donors (Lipinski definition) is 0. The molecule has 0 aromatic heterocycles. The predicted molar refractivity (Wildman–Crippen MR) is 97.9 cm³/mol. The van der Waals surface area contributed by atoms with Crippen molar-refractivity contribution in [3.8, 4) is 0 Å². The largest absolute Gasteiger partial charge is 0.304 e. The molecule has 0 fully saturated rings. The average Bonchev–Trinajstić information content (AvgIpc) is 2.40. The van der Waals surface area contributed by atoms with Crippen molar-refractivity contribution in [3.05, 3.63) is 0 Å². The number of unbranched alkanes of at least 4 members (excludes halogenated alkanes) is 1. The van der Waals surface area contributed by atoms with Crippen molar-refractivity contribution >= 4 is 0 Å². The summed E-state index contributed by atoms with van der Waals surface area (Å²) in [6, 6.07) is 0. The summed E-state index contributed by atoms with van der Waals surface area (Å²) >= 11 is 0. The fraction of sp³-hybridized carbons (Fsp3) is 1.00. The van der Waals surface area contributed by atoms with Crippen molar-refractivity contribution in [1.82, 2.24) is 4.90 Å². The first kappa shape index (κ1) is 21.0. The molecule has 0 heterocycles. The third kappa shape index (κ3) is 6.72. The molecule has 0 rings (SSSR count). The highest BCUT2D eigenvalue weighted by atomic mass is 15.1. The van der Waals surface area contributed by atoms with Gasteiger partial charge in [0.25, 0.3) is 0 Å². The molecule has 0 radical (unpaired) electrons. The van der Waals surface area contributed by atoms with E-state index in [9.17, 15) is 0 Å². The van der Waals surface area contributed by atoms with Gasteiger partial charge in [-0.2, -0.15) is 0 Å². The van der Waals surface area contributed by atoms with Crippen LogP contribution >= 0.6 is 0 Å². The molecule has 0 aromatic rings. The first-order valence-electron chi connectivity index (χ1n) is 9.25. The highest BCUT2D eigenvalue weighted by molar-refractivity contribution is 4.94. The van der Waals surface area contributed by atoms with Crippen LogP contribution in [0.1, 0.15) is 93.4 Å². The molecule has 1 nitrogen and oxygen atoms in total. The molecule has 0 saturated carbocycles. The van der Waals surface area contributed by atoms with Gasteiger partial charge in [-0.1, -0.05) is 73.1 Å². The third-order valence-electron chi connectivity index (χ3n) is 6.30. The van der Waals surface area contributed by atoms with Gasteiger partial charge in [-0.05, 0) is 51.6 Å². The van der Waals surface area contributed by atoms with Gasteiger partial charge >= 0.3 is 0 Å². The smallest absolute Gasteiger partial charge is 0.0198 e. The van der Waals surface area contributed by atoms with Crippen LogP contribution in [-0.4, -0.2) is 24.5 Å². The summed E-state index contributed by atoms with van der Waals surface area (Å²) in [5.74, 6) is 1.78. The molecule has 0 N–H and O–H groups in total. The van der Waals surface area contributed by atoms with Gasteiger partial charge in [0.15, 0.2) is 0 Å². The molecule has 21 heavy (non-hydrogen) atoms. The number of rotatable bonds is 11. The van der Waals surface area contributed by atoms with Crippen LogP contribution in [0.15, 0.2) is 0 Å². The summed E-state index contributed by atoms with van der Waals surface area (Å²) in [5.41, 5.74) is 0.595. The van der Waals surface area contributed by atoms with E-state index in [1.807, 2.05) is 0 Å². The van der Waals surface area contributed by atoms with Crippen LogP contribution in [0.3, 0.4) is 0 Å². The lowest BCUT2D eigenvalue weighted by atomic mass is 9.67. The molecule has 1 heteroatoms. The molecule has 0 aliphatic heterocycles. The lowest BCUT2D eigenvalue weighted by Gasteiger charge is -2.48. The fourth-order valence-electron chi connectivity index (χ4n) is 3.14. The highest BCUT2D eigenvalue weighted by Gasteiger charge is 2.39. The van der Waals surface area contributed by atoms with Gasteiger partial charge in [0, 0.05) is 5.54 Å². The van der Waals surface area contributed by atoms with Crippen LogP contribution in [0.2, 0.25) is 0 Å². The van der Waals surface area contributed by atoms with E-state index in [2.05, 4.69) is 67.5 Å². The van der Waals surface area contributed by atoms with Crippen molar-refractivity contribution in [2.24, 2.45) is 17.3 Å². The molecular weight excluding hydrogens is 254 g/mol. The lowest BCUT2D eigenvalue weighted by Crippen LogP contribution is -2.51. The molecule has 0 aliphatic rings. The average molecular weight is 298 g/mol. The van der Waals surface area contributed by atoms with Gasteiger partial charge in [-0.15, -0.1) is 0 Å². The summed E-state index contributed by atoms with van der Waals surface area (Å²) in [5, 5.41) is 0. The van der Waals surface area contributed by atoms with E-state index < -0.39 is 0 Å². The molecule has 0 spiro atoms. The van der Waals surface area contributed by atoms with E-state index in [1.165, 1.54) is 44.9 Å². The molecule has 2 unspecified atom stereocenters. The minimum atomic E-state index is 0.244. The predicted octanol–water partition coefficient (Wildman–Crippen LogP) is 6.38. The number of nitrogens with zero attached hydrogens (tertiary/aromatic N) is 1. The maximum Gasteiger partial charge on any atom is 0.0198 e. The van der Waals surface area contributed by atoms with Crippen LogP contribution in [0.5, 0.6) is 0 Å².